The summed E-state index contributed by atoms with van der Waals surface area (Å²) < 4.78 is 29.0. The summed E-state index contributed by atoms with van der Waals surface area (Å²) in [6.07, 6.45) is 3.96. The topological polar surface area (TPSA) is 88.5 Å². The van der Waals surface area contributed by atoms with Gasteiger partial charge in [0.05, 0.1) is 17.0 Å². The minimum atomic E-state index is -0.711. The number of aromatic nitrogens is 5. The minimum Gasteiger partial charge on any atom is -0.308 e. The zero-order valence-corrected chi connectivity index (χ0v) is 13.0. The smallest absolute Gasteiger partial charge is 0.247 e. The summed E-state index contributed by atoms with van der Waals surface area (Å²) in [6, 6.07) is 4.96. The second-order valence-corrected chi connectivity index (χ2v) is 5.93. The fourth-order valence-corrected chi connectivity index (χ4v) is 2.56. The van der Waals surface area contributed by atoms with Gasteiger partial charge >= 0.3 is 0 Å². The zero-order valence-electron chi connectivity index (χ0n) is 13.0. The molecule has 2 heterocycles. The normalized spacial score (nSPS) is 13.8. The summed E-state index contributed by atoms with van der Waals surface area (Å²) in [5.74, 6) is -1.15. The van der Waals surface area contributed by atoms with Crippen molar-refractivity contribution in [1.29, 1.82) is 0 Å². The van der Waals surface area contributed by atoms with E-state index < -0.39 is 11.6 Å². The summed E-state index contributed by atoms with van der Waals surface area (Å²) in [5, 5.41) is 16.9. The van der Waals surface area contributed by atoms with Crippen molar-refractivity contribution in [3.8, 4) is 11.3 Å². The van der Waals surface area contributed by atoms with Crippen molar-refractivity contribution in [2.24, 2.45) is 0 Å². The number of anilines is 1. The first kappa shape index (κ1) is 15.4. The average molecular weight is 344 g/mol. The van der Waals surface area contributed by atoms with Crippen molar-refractivity contribution in [2.75, 3.05) is 5.32 Å². The molecular weight excluding hydrogens is 330 g/mol. The Bertz CT molecular complexity index is 910. The quantitative estimate of drug-likeness (QED) is 0.744. The first-order valence-corrected chi connectivity index (χ1v) is 7.80. The van der Waals surface area contributed by atoms with E-state index >= 15 is 0 Å². The maximum atomic E-state index is 13.8. The van der Waals surface area contributed by atoms with E-state index in [1.54, 1.807) is 6.20 Å². The van der Waals surface area contributed by atoms with Gasteiger partial charge in [-0.15, -0.1) is 5.10 Å². The number of benzene rings is 1. The monoisotopic (exact) mass is 344 g/mol. The van der Waals surface area contributed by atoms with E-state index in [1.807, 2.05) is 0 Å². The predicted molar refractivity (Wildman–Crippen MR) is 84.6 cm³/mol. The van der Waals surface area contributed by atoms with Gasteiger partial charge in [0.25, 0.3) is 0 Å². The number of amides is 1. The number of rotatable bonds is 5. The van der Waals surface area contributed by atoms with Gasteiger partial charge in [0.1, 0.15) is 18.2 Å². The average Bonchev–Trinajstić information content (AvgIpc) is 3.15. The van der Waals surface area contributed by atoms with Crippen LogP contribution in [0.3, 0.4) is 0 Å². The molecule has 0 saturated heterocycles. The van der Waals surface area contributed by atoms with Gasteiger partial charge in [0, 0.05) is 18.2 Å². The Kier molecular flexibility index (Phi) is 3.75. The molecule has 2 N–H and O–H groups in total. The number of carbonyl (C=O) groups is 1. The largest absolute Gasteiger partial charge is 0.308 e. The molecule has 2 aromatic heterocycles. The highest BCUT2D eigenvalue weighted by molar-refractivity contribution is 5.90. The van der Waals surface area contributed by atoms with Gasteiger partial charge in [-0.05, 0) is 25.0 Å². The van der Waals surface area contributed by atoms with Gasteiger partial charge in [-0.25, -0.2) is 13.5 Å². The maximum Gasteiger partial charge on any atom is 0.247 e. The molecule has 1 aliphatic rings. The summed E-state index contributed by atoms with van der Waals surface area (Å²) >= 11 is 0. The second kappa shape index (κ2) is 6.08. The van der Waals surface area contributed by atoms with Crippen molar-refractivity contribution in [3.05, 3.63) is 47.8 Å². The summed E-state index contributed by atoms with van der Waals surface area (Å²) in [4.78, 5) is 12.1. The van der Waals surface area contributed by atoms with Crippen LogP contribution < -0.4 is 5.32 Å². The number of carbonyl (C=O) groups excluding carboxylic acids is 1. The number of hydrogen-bond acceptors (Lipinski definition) is 4. The lowest BCUT2D eigenvalue weighted by molar-refractivity contribution is -0.116. The molecule has 0 bridgehead atoms. The third-order valence-electron chi connectivity index (χ3n) is 3.94. The Labute approximate surface area is 141 Å². The van der Waals surface area contributed by atoms with Crippen LogP contribution >= 0.6 is 0 Å². The van der Waals surface area contributed by atoms with Crippen molar-refractivity contribution in [1.82, 2.24) is 25.2 Å². The van der Waals surface area contributed by atoms with E-state index in [0.717, 1.165) is 30.7 Å². The highest BCUT2D eigenvalue weighted by Gasteiger charge is 2.26. The van der Waals surface area contributed by atoms with Gasteiger partial charge in [-0.2, -0.15) is 5.10 Å². The molecule has 7 nitrogen and oxygen atoms in total. The molecule has 0 radical (unpaired) electrons. The molecule has 128 valence electrons. The molecule has 1 amide bonds. The lowest BCUT2D eigenvalue weighted by atomic mass is 10.1. The lowest BCUT2D eigenvalue weighted by Crippen LogP contribution is -2.19. The van der Waals surface area contributed by atoms with E-state index in [0.29, 0.717) is 5.92 Å². The molecule has 1 aromatic carbocycles. The molecule has 25 heavy (non-hydrogen) atoms. The molecule has 3 aromatic rings. The van der Waals surface area contributed by atoms with Crippen LogP contribution in [0.2, 0.25) is 0 Å². The van der Waals surface area contributed by atoms with Gasteiger partial charge in [-0.1, -0.05) is 11.3 Å². The van der Waals surface area contributed by atoms with Gasteiger partial charge in [0.15, 0.2) is 5.82 Å². The van der Waals surface area contributed by atoms with E-state index in [2.05, 4.69) is 25.8 Å². The highest BCUT2D eigenvalue weighted by atomic mass is 19.1. The molecule has 1 fully saturated rings. The molecule has 0 unspecified atom stereocenters. The van der Waals surface area contributed by atoms with Crippen LogP contribution in [0.25, 0.3) is 11.3 Å². The molecule has 0 spiro atoms. The van der Waals surface area contributed by atoms with Crippen LogP contribution in [-0.4, -0.2) is 31.1 Å². The standard InChI is InChI=1S/C16H14F2N6O/c17-10-2-1-3-11(18)16(10)12-6-14(22-20-12)19-15(25)8-24-7-13(21-23-24)9-4-5-9/h1-3,6-7,9H,4-5,8H2,(H2,19,20,22,25). The van der Waals surface area contributed by atoms with Crippen molar-refractivity contribution >= 4 is 11.7 Å². The Morgan fingerprint density at radius 1 is 1.32 bits per heavy atom. The summed E-state index contributed by atoms with van der Waals surface area (Å²) in [5.41, 5.74) is 0.813. The van der Waals surface area contributed by atoms with E-state index in [1.165, 1.54) is 16.8 Å². The van der Waals surface area contributed by atoms with Gasteiger partial charge in [0.2, 0.25) is 5.91 Å². The van der Waals surface area contributed by atoms with Crippen molar-refractivity contribution < 1.29 is 13.6 Å². The molecule has 9 heteroatoms. The minimum absolute atomic E-state index is 0.0179. The number of H-pyrrole nitrogens is 1. The fraction of sp³-hybridized carbons (Fsp3) is 0.250. The first-order chi connectivity index (χ1) is 12.1. The fourth-order valence-electron chi connectivity index (χ4n) is 2.56. The Morgan fingerprint density at radius 3 is 2.80 bits per heavy atom. The number of nitrogens with one attached hydrogen (secondary N) is 2. The SMILES string of the molecule is O=C(Cn1cc(C2CC2)nn1)Nc1cc(-c2c(F)cccc2F)[nH]n1. The molecule has 0 atom stereocenters. The summed E-state index contributed by atoms with van der Waals surface area (Å²) in [6.45, 7) is -0.0179. The van der Waals surface area contributed by atoms with E-state index in [9.17, 15) is 13.6 Å². The Hall–Kier alpha value is -3.10. The second-order valence-electron chi connectivity index (χ2n) is 5.93. The Balaban J connectivity index is 1.44. The van der Waals surface area contributed by atoms with Crippen LogP contribution in [0.15, 0.2) is 30.5 Å². The third-order valence-corrected chi connectivity index (χ3v) is 3.94. The number of aromatic amines is 1. The first-order valence-electron chi connectivity index (χ1n) is 7.80. The predicted octanol–water partition coefficient (Wildman–Crippen LogP) is 2.46. The van der Waals surface area contributed by atoms with Crippen LogP contribution in [-0.2, 0) is 11.3 Å². The number of halogens is 2. The molecule has 1 saturated carbocycles. The lowest BCUT2D eigenvalue weighted by Gasteiger charge is -2.01. The molecule has 0 aliphatic heterocycles. The number of nitrogens with zero attached hydrogens (tertiary/aromatic N) is 4. The molecule has 4 rings (SSSR count). The highest BCUT2D eigenvalue weighted by Crippen LogP contribution is 2.38. The Morgan fingerprint density at radius 2 is 2.08 bits per heavy atom. The summed E-state index contributed by atoms with van der Waals surface area (Å²) in [7, 11) is 0. The van der Waals surface area contributed by atoms with Gasteiger partial charge in [-0.3, -0.25) is 9.89 Å². The number of hydrogen-bond donors (Lipinski definition) is 2. The van der Waals surface area contributed by atoms with Crippen molar-refractivity contribution in [2.45, 2.75) is 25.3 Å². The van der Waals surface area contributed by atoms with Crippen LogP contribution in [0.1, 0.15) is 24.5 Å². The molecular formula is C16H14F2N6O. The van der Waals surface area contributed by atoms with Crippen LogP contribution in [0, 0.1) is 11.6 Å². The van der Waals surface area contributed by atoms with Crippen LogP contribution in [0.5, 0.6) is 0 Å². The molecule has 1 aliphatic carbocycles. The van der Waals surface area contributed by atoms with E-state index in [-0.39, 0.29) is 29.5 Å². The van der Waals surface area contributed by atoms with Crippen molar-refractivity contribution in [3.63, 3.8) is 0 Å². The maximum absolute atomic E-state index is 13.8. The zero-order chi connectivity index (χ0) is 17.4. The van der Waals surface area contributed by atoms with Crippen LogP contribution in [0.4, 0.5) is 14.6 Å². The van der Waals surface area contributed by atoms with Gasteiger partial charge < -0.3 is 5.32 Å². The van der Waals surface area contributed by atoms with E-state index in [4.69, 9.17) is 0 Å². The third kappa shape index (κ3) is 3.25.